The van der Waals surface area contributed by atoms with Gasteiger partial charge in [0.25, 0.3) is 5.91 Å². The largest absolute Gasteiger partial charge is 0.345 e. The van der Waals surface area contributed by atoms with Gasteiger partial charge in [0.15, 0.2) is 4.34 Å². The Hall–Kier alpha value is -2.71. The normalized spacial score (nSPS) is 11.6. The Bertz CT molecular complexity index is 960. The first-order chi connectivity index (χ1) is 13.5. The number of aryl methyl sites for hydroxylation is 1. The van der Waals surface area contributed by atoms with Gasteiger partial charge >= 0.3 is 0 Å². The van der Waals surface area contributed by atoms with Crippen LogP contribution < -0.4 is 10.6 Å². The van der Waals surface area contributed by atoms with E-state index in [4.69, 9.17) is 0 Å². The van der Waals surface area contributed by atoms with Crippen molar-refractivity contribution in [3.63, 3.8) is 0 Å². The van der Waals surface area contributed by atoms with Crippen molar-refractivity contribution < 1.29 is 9.59 Å². The summed E-state index contributed by atoms with van der Waals surface area (Å²) in [5.41, 5.74) is 1.93. The van der Waals surface area contributed by atoms with E-state index in [-0.39, 0.29) is 23.6 Å². The van der Waals surface area contributed by atoms with Crippen molar-refractivity contribution in [2.24, 2.45) is 0 Å². The van der Waals surface area contributed by atoms with Crippen molar-refractivity contribution in [3.8, 4) is 0 Å². The first kappa shape index (κ1) is 20.0. The highest BCUT2D eigenvalue weighted by Gasteiger charge is 2.16. The van der Waals surface area contributed by atoms with Gasteiger partial charge in [-0.15, -0.1) is 10.2 Å². The summed E-state index contributed by atoms with van der Waals surface area (Å²) in [7, 11) is 0. The third-order valence-corrected chi connectivity index (χ3v) is 5.90. The number of hydrogen-bond acceptors (Lipinski definition) is 6. The second-order valence-electron chi connectivity index (χ2n) is 6.08. The number of aromatic nitrogens is 2. The maximum atomic E-state index is 12.7. The SMILES string of the molecule is Cc1nnc(SCC(=O)Nc2ccccc2C(=O)NC(C)c2ccccc2)s1. The van der Waals surface area contributed by atoms with E-state index >= 15 is 0 Å². The third kappa shape index (κ3) is 5.40. The number of benzene rings is 2. The van der Waals surface area contributed by atoms with Crippen molar-refractivity contribution in [1.82, 2.24) is 15.5 Å². The number of thioether (sulfide) groups is 1. The van der Waals surface area contributed by atoms with Crippen LogP contribution in [0.25, 0.3) is 0 Å². The van der Waals surface area contributed by atoms with E-state index < -0.39 is 0 Å². The van der Waals surface area contributed by atoms with Crippen molar-refractivity contribution >= 4 is 40.6 Å². The van der Waals surface area contributed by atoms with Gasteiger partial charge in [-0.05, 0) is 31.5 Å². The van der Waals surface area contributed by atoms with Crippen molar-refractivity contribution in [1.29, 1.82) is 0 Å². The fraction of sp³-hybridized carbons (Fsp3) is 0.200. The van der Waals surface area contributed by atoms with E-state index in [1.54, 1.807) is 24.3 Å². The summed E-state index contributed by atoms with van der Waals surface area (Å²) in [6.45, 7) is 3.79. The predicted molar refractivity (Wildman–Crippen MR) is 113 cm³/mol. The highest BCUT2D eigenvalue weighted by Crippen LogP contribution is 2.23. The maximum Gasteiger partial charge on any atom is 0.253 e. The molecule has 8 heteroatoms. The van der Waals surface area contributed by atoms with Crippen LogP contribution >= 0.6 is 23.1 Å². The van der Waals surface area contributed by atoms with Crippen LogP contribution in [0.4, 0.5) is 5.69 Å². The Kier molecular flexibility index (Phi) is 6.78. The Balaban J connectivity index is 1.63. The fourth-order valence-corrected chi connectivity index (χ4v) is 4.16. The molecule has 2 amide bonds. The molecule has 3 aromatic rings. The zero-order chi connectivity index (χ0) is 19.9. The molecule has 144 valence electrons. The summed E-state index contributed by atoms with van der Waals surface area (Å²) in [5, 5.41) is 14.6. The van der Waals surface area contributed by atoms with E-state index in [9.17, 15) is 9.59 Å². The second kappa shape index (κ2) is 9.48. The van der Waals surface area contributed by atoms with Crippen LogP contribution in [0.5, 0.6) is 0 Å². The molecule has 0 aliphatic heterocycles. The molecule has 2 N–H and O–H groups in total. The minimum absolute atomic E-state index is 0.145. The first-order valence-corrected chi connectivity index (χ1v) is 10.5. The molecule has 0 bridgehead atoms. The highest BCUT2D eigenvalue weighted by molar-refractivity contribution is 8.01. The van der Waals surface area contributed by atoms with Gasteiger partial charge in [-0.1, -0.05) is 65.6 Å². The number of hydrogen-bond donors (Lipinski definition) is 2. The summed E-state index contributed by atoms with van der Waals surface area (Å²) in [4.78, 5) is 25.0. The summed E-state index contributed by atoms with van der Waals surface area (Å²) < 4.78 is 0.746. The topological polar surface area (TPSA) is 84.0 Å². The number of carbonyl (C=O) groups is 2. The van der Waals surface area contributed by atoms with Gasteiger partial charge in [0.1, 0.15) is 5.01 Å². The van der Waals surface area contributed by atoms with E-state index in [1.807, 2.05) is 44.2 Å². The number of anilines is 1. The van der Waals surface area contributed by atoms with Crippen LogP contribution in [0.1, 0.15) is 33.9 Å². The molecule has 1 unspecified atom stereocenters. The summed E-state index contributed by atoms with van der Waals surface area (Å²) in [6, 6.07) is 16.6. The molecule has 0 radical (unpaired) electrons. The van der Waals surface area contributed by atoms with E-state index in [0.29, 0.717) is 11.3 Å². The zero-order valence-electron chi connectivity index (χ0n) is 15.5. The molecule has 28 heavy (non-hydrogen) atoms. The molecule has 0 spiro atoms. The minimum Gasteiger partial charge on any atom is -0.345 e. The lowest BCUT2D eigenvalue weighted by Gasteiger charge is -2.16. The quantitative estimate of drug-likeness (QED) is 0.572. The van der Waals surface area contributed by atoms with Crippen LogP contribution in [0.2, 0.25) is 0 Å². The van der Waals surface area contributed by atoms with E-state index in [1.165, 1.54) is 23.1 Å². The Morgan fingerprint density at radius 3 is 2.50 bits per heavy atom. The molecule has 3 rings (SSSR count). The molecule has 6 nitrogen and oxygen atoms in total. The molecule has 1 heterocycles. The fourth-order valence-electron chi connectivity index (χ4n) is 2.54. The van der Waals surface area contributed by atoms with Gasteiger partial charge < -0.3 is 10.6 Å². The number of nitrogens with zero attached hydrogens (tertiary/aromatic N) is 2. The molecular formula is C20H20N4O2S2. The third-order valence-electron chi connectivity index (χ3n) is 3.93. The van der Waals surface area contributed by atoms with Gasteiger partial charge in [-0.25, -0.2) is 0 Å². The van der Waals surface area contributed by atoms with Gasteiger partial charge in [0.2, 0.25) is 5.91 Å². The van der Waals surface area contributed by atoms with Crippen LogP contribution in [0, 0.1) is 6.92 Å². The lowest BCUT2D eigenvalue weighted by Crippen LogP contribution is -2.28. The molecule has 1 atom stereocenters. The van der Waals surface area contributed by atoms with Crippen LogP contribution in [-0.4, -0.2) is 27.8 Å². The molecule has 0 saturated carbocycles. The van der Waals surface area contributed by atoms with Gasteiger partial charge in [-0.2, -0.15) is 0 Å². The maximum absolute atomic E-state index is 12.7. The van der Waals surface area contributed by atoms with E-state index in [0.717, 1.165) is 14.9 Å². The molecule has 0 aliphatic carbocycles. The van der Waals surface area contributed by atoms with Crippen LogP contribution in [0.3, 0.4) is 0 Å². The Morgan fingerprint density at radius 2 is 1.79 bits per heavy atom. The molecule has 0 fully saturated rings. The Morgan fingerprint density at radius 1 is 1.07 bits per heavy atom. The highest BCUT2D eigenvalue weighted by atomic mass is 32.2. The summed E-state index contributed by atoms with van der Waals surface area (Å²) >= 11 is 2.77. The van der Waals surface area contributed by atoms with Crippen LogP contribution in [-0.2, 0) is 4.79 Å². The first-order valence-electron chi connectivity index (χ1n) is 8.70. The number of rotatable bonds is 7. The molecule has 2 aromatic carbocycles. The minimum atomic E-state index is -0.236. The molecule has 1 aromatic heterocycles. The van der Waals surface area contributed by atoms with Gasteiger partial charge in [-0.3, -0.25) is 9.59 Å². The number of para-hydroxylation sites is 1. The number of carbonyl (C=O) groups excluding carboxylic acids is 2. The average Bonchev–Trinajstić information content (AvgIpc) is 3.12. The predicted octanol–water partition coefficient (Wildman–Crippen LogP) is 4.07. The Labute approximate surface area is 171 Å². The molecule has 0 saturated heterocycles. The summed E-state index contributed by atoms with van der Waals surface area (Å²) in [5.74, 6) is -0.237. The van der Waals surface area contributed by atoms with Crippen LogP contribution in [0.15, 0.2) is 58.9 Å². The second-order valence-corrected chi connectivity index (χ2v) is 8.48. The number of amides is 2. The molecule has 0 aliphatic rings. The van der Waals surface area contributed by atoms with Crippen molar-refractivity contribution in [2.75, 3.05) is 11.1 Å². The van der Waals surface area contributed by atoms with Gasteiger partial charge in [0, 0.05) is 0 Å². The average molecular weight is 413 g/mol. The molecular weight excluding hydrogens is 392 g/mol. The van der Waals surface area contributed by atoms with Crippen molar-refractivity contribution in [3.05, 3.63) is 70.7 Å². The number of nitrogens with one attached hydrogen (secondary N) is 2. The monoisotopic (exact) mass is 412 g/mol. The van der Waals surface area contributed by atoms with Gasteiger partial charge in [0.05, 0.1) is 23.0 Å². The smallest absolute Gasteiger partial charge is 0.253 e. The zero-order valence-corrected chi connectivity index (χ0v) is 17.1. The van der Waals surface area contributed by atoms with E-state index in [2.05, 4.69) is 20.8 Å². The summed E-state index contributed by atoms with van der Waals surface area (Å²) in [6.07, 6.45) is 0. The lowest BCUT2D eigenvalue weighted by atomic mass is 10.1. The standard InChI is InChI=1S/C20H20N4O2S2/c1-13(15-8-4-3-5-9-15)21-19(26)16-10-6-7-11-17(16)22-18(25)12-27-20-24-23-14(2)28-20/h3-11,13H,12H2,1-2H3,(H,21,26)(H,22,25). The van der Waals surface area contributed by atoms with Crippen molar-refractivity contribution in [2.45, 2.75) is 24.2 Å². The lowest BCUT2D eigenvalue weighted by molar-refractivity contribution is -0.113.